The fraction of sp³-hybridized carbons (Fsp3) is 0.0714. The molecule has 3 rings (SSSR count). The van der Waals surface area contributed by atoms with E-state index in [4.69, 9.17) is 10.2 Å². The maximum absolute atomic E-state index is 5.82. The number of hydrogen-bond donors (Lipinski definition) is 1. The van der Waals surface area contributed by atoms with Crippen LogP contribution in [0.4, 0.5) is 5.69 Å². The monoisotopic (exact) mass is 302 g/mol. The lowest BCUT2D eigenvalue weighted by molar-refractivity contribution is 0.619. The van der Waals surface area contributed by atoms with Crippen molar-refractivity contribution >= 4 is 32.7 Å². The number of nitrogens with zero attached hydrogens (tertiary/aromatic N) is 1. The van der Waals surface area contributed by atoms with Gasteiger partial charge in [-0.15, -0.1) is 0 Å². The summed E-state index contributed by atoms with van der Waals surface area (Å²) in [4.78, 5) is 4.46. The molecule has 0 radical (unpaired) electrons. The number of rotatable bonds is 1. The zero-order chi connectivity index (χ0) is 12.7. The van der Waals surface area contributed by atoms with Crippen LogP contribution >= 0.6 is 15.9 Å². The molecule has 0 aliphatic heterocycles. The van der Waals surface area contributed by atoms with E-state index >= 15 is 0 Å². The number of aromatic nitrogens is 1. The average Bonchev–Trinajstić information content (AvgIpc) is 2.70. The van der Waals surface area contributed by atoms with Crippen molar-refractivity contribution in [3.05, 3.63) is 46.4 Å². The first-order valence-corrected chi connectivity index (χ1v) is 6.35. The molecule has 0 saturated heterocycles. The molecule has 0 unspecified atom stereocenters. The third kappa shape index (κ3) is 1.99. The van der Waals surface area contributed by atoms with Crippen LogP contribution in [-0.2, 0) is 0 Å². The van der Waals surface area contributed by atoms with Crippen LogP contribution in [0.2, 0.25) is 0 Å². The Morgan fingerprint density at radius 1 is 1.17 bits per heavy atom. The number of nitrogen functional groups attached to an aromatic ring is 1. The van der Waals surface area contributed by atoms with Gasteiger partial charge in [-0.2, -0.15) is 0 Å². The van der Waals surface area contributed by atoms with Crippen molar-refractivity contribution in [1.82, 2.24) is 4.98 Å². The van der Waals surface area contributed by atoms with Crippen LogP contribution in [-0.4, -0.2) is 4.98 Å². The first-order chi connectivity index (χ1) is 8.61. The van der Waals surface area contributed by atoms with Gasteiger partial charge < -0.3 is 10.2 Å². The fourth-order valence-electron chi connectivity index (χ4n) is 1.89. The topological polar surface area (TPSA) is 52.0 Å². The number of nitrogens with two attached hydrogens (primary N) is 1. The molecule has 2 N–H and O–H groups in total. The Morgan fingerprint density at radius 3 is 2.78 bits per heavy atom. The standard InChI is InChI=1S/C14H11BrN2O/c1-8-2-3-12-13(4-8)18-14(17-12)9-5-10(15)7-11(16)6-9/h2-7H,16H2,1H3. The Balaban J connectivity index is 2.19. The number of hydrogen-bond acceptors (Lipinski definition) is 3. The van der Waals surface area contributed by atoms with Crippen LogP contribution in [0.1, 0.15) is 5.56 Å². The third-order valence-electron chi connectivity index (χ3n) is 2.71. The minimum absolute atomic E-state index is 0.587. The molecule has 2 aromatic carbocycles. The SMILES string of the molecule is Cc1ccc2nc(-c3cc(N)cc(Br)c3)oc2c1. The maximum atomic E-state index is 5.82. The lowest BCUT2D eigenvalue weighted by atomic mass is 10.2. The molecule has 0 bridgehead atoms. The Bertz CT molecular complexity index is 713. The minimum Gasteiger partial charge on any atom is -0.436 e. The number of benzene rings is 2. The Morgan fingerprint density at radius 2 is 2.00 bits per heavy atom. The Hall–Kier alpha value is -1.81. The van der Waals surface area contributed by atoms with Gasteiger partial charge in [0.15, 0.2) is 5.58 Å². The smallest absolute Gasteiger partial charge is 0.227 e. The van der Waals surface area contributed by atoms with Crippen LogP contribution in [0.25, 0.3) is 22.6 Å². The molecule has 0 amide bonds. The number of oxazole rings is 1. The molecule has 18 heavy (non-hydrogen) atoms. The predicted octanol–water partition coefficient (Wildman–Crippen LogP) is 4.15. The summed E-state index contributed by atoms with van der Waals surface area (Å²) in [5.74, 6) is 0.587. The highest BCUT2D eigenvalue weighted by Crippen LogP contribution is 2.28. The fourth-order valence-corrected chi connectivity index (χ4v) is 2.40. The number of anilines is 1. The second kappa shape index (κ2) is 4.14. The molecule has 3 nitrogen and oxygen atoms in total. The van der Waals surface area contributed by atoms with Gasteiger partial charge in [-0.25, -0.2) is 4.98 Å². The summed E-state index contributed by atoms with van der Waals surface area (Å²) in [5.41, 5.74) is 10.2. The molecule has 0 fully saturated rings. The highest BCUT2D eigenvalue weighted by atomic mass is 79.9. The Labute approximate surface area is 113 Å². The average molecular weight is 303 g/mol. The maximum Gasteiger partial charge on any atom is 0.227 e. The summed E-state index contributed by atoms with van der Waals surface area (Å²) in [7, 11) is 0. The molecule has 1 heterocycles. The van der Waals surface area contributed by atoms with E-state index in [1.807, 2.05) is 43.3 Å². The second-order valence-corrected chi connectivity index (χ2v) is 5.18. The molecular formula is C14H11BrN2O. The van der Waals surface area contributed by atoms with E-state index in [1.165, 1.54) is 0 Å². The van der Waals surface area contributed by atoms with Crippen molar-refractivity contribution < 1.29 is 4.42 Å². The van der Waals surface area contributed by atoms with E-state index in [-0.39, 0.29) is 0 Å². The first kappa shape index (κ1) is 11.3. The zero-order valence-corrected chi connectivity index (χ0v) is 11.4. The normalized spacial score (nSPS) is 11.0. The van der Waals surface area contributed by atoms with Crippen LogP contribution in [0.5, 0.6) is 0 Å². The molecule has 90 valence electrons. The second-order valence-electron chi connectivity index (χ2n) is 4.26. The summed E-state index contributed by atoms with van der Waals surface area (Å²) in [6.07, 6.45) is 0. The van der Waals surface area contributed by atoms with Gasteiger partial charge in [-0.05, 0) is 42.8 Å². The molecule has 3 aromatic rings. The van der Waals surface area contributed by atoms with Gasteiger partial charge in [0.05, 0.1) is 0 Å². The highest BCUT2D eigenvalue weighted by molar-refractivity contribution is 9.10. The van der Waals surface area contributed by atoms with Gasteiger partial charge in [0, 0.05) is 15.7 Å². The minimum atomic E-state index is 0.587. The molecule has 0 aliphatic carbocycles. The zero-order valence-electron chi connectivity index (χ0n) is 9.77. The summed E-state index contributed by atoms with van der Waals surface area (Å²) < 4.78 is 6.67. The van der Waals surface area contributed by atoms with Gasteiger partial charge in [-0.3, -0.25) is 0 Å². The Kier molecular flexibility index (Phi) is 2.59. The molecular weight excluding hydrogens is 292 g/mol. The first-order valence-electron chi connectivity index (χ1n) is 5.55. The van der Waals surface area contributed by atoms with E-state index in [0.717, 1.165) is 26.7 Å². The van der Waals surface area contributed by atoms with Crippen molar-refractivity contribution in [2.24, 2.45) is 0 Å². The van der Waals surface area contributed by atoms with E-state index in [1.54, 1.807) is 0 Å². The van der Waals surface area contributed by atoms with Crippen LogP contribution < -0.4 is 5.73 Å². The van der Waals surface area contributed by atoms with Gasteiger partial charge >= 0.3 is 0 Å². The summed E-state index contributed by atoms with van der Waals surface area (Å²) in [5, 5.41) is 0. The molecule has 4 heteroatoms. The molecule has 0 spiro atoms. The van der Waals surface area contributed by atoms with E-state index in [0.29, 0.717) is 11.6 Å². The lowest BCUT2D eigenvalue weighted by Gasteiger charge is -1.99. The largest absolute Gasteiger partial charge is 0.436 e. The summed E-state index contributed by atoms with van der Waals surface area (Å²) >= 11 is 3.42. The van der Waals surface area contributed by atoms with Crippen molar-refractivity contribution in [3.63, 3.8) is 0 Å². The van der Waals surface area contributed by atoms with E-state index < -0.39 is 0 Å². The van der Waals surface area contributed by atoms with Crippen LogP contribution in [0.15, 0.2) is 45.3 Å². The molecule has 0 saturated carbocycles. The summed E-state index contributed by atoms with van der Waals surface area (Å²) in [6.45, 7) is 2.03. The lowest BCUT2D eigenvalue weighted by Crippen LogP contribution is -1.86. The molecule has 1 aromatic heterocycles. The van der Waals surface area contributed by atoms with Crippen molar-refractivity contribution in [2.75, 3.05) is 5.73 Å². The summed E-state index contributed by atoms with van der Waals surface area (Å²) in [6, 6.07) is 11.6. The van der Waals surface area contributed by atoms with Crippen molar-refractivity contribution in [3.8, 4) is 11.5 Å². The number of aryl methyl sites for hydroxylation is 1. The van der Waals surface area contributed by atoms with Crippen LogP contribution in [0.3, 0.4) is 0 Å². The van der Waals surface area contributed by atoms with Gasteiger partial charge in [-0.1, -0.05) is 22.0 Å². The predicted molar refractivity (Wildman–Crippen MR) is 76.3 cm³/mol. The van der Waals surface area contributed by atoms with Gasteiger partial charge in [0.1, 0.15) is 5.52 Å². The number of halogens is 1. The van der Waals surface area contributed by atoms with Gasteiger partial charge in [0.25, 0.3) is 0 Å². The number of fused-ring (bicyclic) bond motifs is 1. The van der Waals surface area contributed by atoms with Crippen molar-refractivity contribution in [2.45, 2.75) is 6.92 Å². The molecule has 0 atom stereocenters. The van der Waals surface area contributed by atoms with Crippen molar-refractivity contribution in [1.29, 1.82) is 0 Å². The van der Waals surface area contributed by atoms with E-state index in [9.17, 15) is 0 Å². The quantitative estimate of drug-likeness (QED) is 0.687. The highest BCUT2D eigenvalue weighted by Gasteiger charge is 2.09. The van der Waals surface area contributed by atoms with Crippen LogP contribution in [0, 0.1) is 6.92 Å². The molecule has 0 aliphatic rings. The van der Waals surface area contributed by atoms with Gasteiger partial charge in [0.2, 0.25) is 5.89 Å². The third-order valence-corrected chi connectivity index (χ3v) is 3.17. The van der Waals surface area contributed by atoms with E-state index in [2.05, 4.69) is 20.9 Å².